The third kappa shape index (κ3) is 9.74. The number of halogens is 2. The van der Waals surface area contributed by atoms with Crippen LogP contribution in [0.25, 0.3) is 0 Å². The number of hydrogen-bond acceptors (Lipinski definition) is 7. The molecule has 3 N–H and O–H groups in total. The van der Waals surface area contributed by atoms with Crippen LogP contribution in [0.2, 0.25) is 5.02 Å². The van der Waals surface area contributed by atoms with Crippen molar-refractivity contribution in [2.45, 2.75) is 44.5 Å². The van der Waals surface area contributed by atoms with E-state index >= 15 is 0 Å². The van der Waals surface area contributed by atoms with Gasteiger partial charge >= 0.3 is 5.97 Å². The quantitative estimate of drug-likeness (QED) is 0.290. The average Bonchev–Trinajstić information content (AvgIpc) is 2.87. The van der Waals surface area contributed by atoms with Crippen LogP contribution in [-0.2, 0) is 31.4 Å². The van der Waals surface area contributed by atoms with E-state index in [2.05, 4.69) is 10.6 Å². The van der Waals surface area contributed by atoms with Gasteiger partial charge in [0.25, 0.3) is 0 Å². The van der Waals surface area contributed by atoms with Crippen LogP contribution >= 0.6 is 23.4 Å². The molecule has 0 aromatic heterocycles. The maximum absolute atomic E-state index is 14.0. The van der Waals surface area contributed by atoms with Crippen molar-refractivity contribution in [3.63, 3.8) is 0 Å². The van der Waals surface area contributed by atoms with E-state index in [4.69, 9.17) is 21.1 Å². The molecule has 212 valence electrons. The van der Waals surface area contributed by atoms with E-state index in [0.29, 0.717) is 17.1 Å². The molecule has 9 nitrogen and oxygen atoms in total. The predicted octanol–water partition coefficient (Wildman–Crippen LogP) is 3.64. The minimum atomic E-state index is -1.34. The minimum Gasteiger partial charge on any atom is -0.497 e. The van der Waals surface area contributed by atoms with Gasteiger partial charge in [-0.05, 0) is 36.2 Å². The van der Waals surface area contributed by atoms with Crippen LogP contribution in [0.1, 0.15) is 31.4 Å². The van der Waals surface area contributed by atoms with Crippen molar-refractivity contribution in [2.24, 2.45) is 5.92 Å². The number of carbonyl (C=O) groups is 4. The zero-order valence-electron chi connectivity index (χ0n) is 22.1. The number of aliphatic carboxylic acids is 1. The van der Waals surface area contributed by atoms with Gasteiger partial charge in [-0.15, -0.1) is 11.8 Å². The van der Waals surface area contributed by atoms with Crippen LogP contribution in [0.5, 0.6) is 11.5 Å². The second-order valence-electron chi connectivity index (χ2n) is 8.96. The van der Waals surface area contributed by atoms with Crippen LogP contribution in [0.3, 0.4) is 0 Å². The largest absolute Gasteiger partial charge is 0.497 e. The summed E-state index contributed by atoms with van der Waals surface area (Å²) in [5, 5.41) is 14.6. The van der Waals surface area contributed by atoms with E-state index in [1.165, 1.54) is 32.4 Å². The predicted molar refractivity (Wildman–Crippen MR) is 147 cm³/mol. The number of amides is 2. The lowest BCUT2D eigenvalue weighted by molar-refractivity contribution is -0.140. The molecule has 0 saturated carbocycles. The first-order valence-corrected chi connectivity index (χ1v) is 13.6. The Morgan fingerprint density at radius 2 is 1.79 bits per heavy atom. The van der Waals surface area contributed by atoms with E-state index in [0.717, 1.165) is 11.8 Å². The Labute approximate surface area is 235 Å². The number of benzene rings is 2. The van der Waals surface area contributed by atoms with Crippen molar-refractivity contribution in [2.75, 3.05) is 20.0 Å². The summed E-state index contributed by atoms with van der Waals surface area (Å²) in [5.74, 6) is -3.00. The Balaban J connectivity index is 2.07. The lowest BCUT2D eigenvalue weighted by Gasteiger charge is -2.25. The number of ketones is 1. The summed E-state index contributed by atoms with van der Waals surface area (Å²) in [5.41, 5.74) is 0.772. The number of carboxylic acids is 1. The number of nitrogens with one attached hydrogen (secondary N) is 2. The molecule has 0 saturated heterocycles. The van der Waals surface area contributed by atoms with Gasteiger partial charge in [0, 0.05) is 21.9 Å². The summed E-state index contributed by atoms with van der Waals surface area (Å²) < 4.78 is 24.5. The first-order valence-electron chi connectivity index (χ1n) is 12.0. The highest BCUT2D eigenvalue weighted by Crippen LogP contribution is 2.25. The number of Topliss-reactive ketones (excluding diaryl/α,β-unsaturated/α-hetero) is 1. The van der Waals surface area contributed by atoms with E-state index in [1.807, 2.05) is 0 Å². The number of carboxylic acid groups (broad SMARTS) is 1. The summed E-state index contributed by atoms with van der Waals surface area (Å²) in [6.45, 7) is 3.41. The molecule has 0 fully saturated rings. The molecule has 2 aromatic rings. The molecule has 0 aliphatic carbocycles. The smallest absolute Gasteiger partial charge is 0.305 e. The first kappa shape index (κ1) is 31.9. The molecule has 0 heterocycles. The van der Waals surface area contributed by atoms with Crippen molar-refractivity contribution in [3.8, 4) is 11.5 Å². The van der Waals surface area contributed by atoms with Crippen molar-refractivity contribution in [1.29, 1.82) is 0 Å². The Hall–Kier alpha value is -3.31. The summed E-state index contributed by atoms with van der Waals surface area (Å²) in [6, 6.07) is 6.87. The fourth-order valence-electron chi connectivity index (χ4n) is 3.66. The number of rotatable bonds is 15. The van der Waals surface area contributed by atoms with Crippen LogP contribution < -0.4 is 20.1 Å². The molecule has 0 aliphatic heterocycles. The Morgan fingerprint density at radius 3 is 2.38 bits per heavy atom. The lowest BCUT2D eigenvalue weighted by Crippen LogP contribution is -2.54. The van der Waals surface area contributed by atoms with Gasteiger partial charge in [0.15, 0.2) is 5.78 Å². The number of carbonyl (C=O) groups excluding carboxylic acids is 3. The average molecular weight is 583 g/mol. The molecular formula is C27H32ClFN2O7S. The highest BCUT2D eigenvalue weighted by atomic mass is 35.5. The molecular weight excluding hydrogens is 551 g/mol. The van der Waals surface area contributed by atoms with Crippen LogP contribution in [0, 0.1) is 11.7 Å². The molecule has 2 rings (SSSR count). The summed E-state index contributed by atoms with van der Waals surface area (Å²) in [4.78, 5) is 50.2. The van der Waals surface area contributed by atoms with Gasteiger partial charge in [0.05, 0.1) is 38.9 Å². The fourth-order valence-corrected chi connectivity index (χ4v) is 4.97. The number of methoxy groups -OCH3 is 2. The van der Waals surface area contributed by atoms with Gasteiger partial charge in [0.1, 0.15) is 23.4 Å². The second kappa shape index (κ2) is 15.3. The summed E-state index contributed by atoms with van der Waals surface area (Å²) >= 11 is 7.06. The highest BCUT2D eigenvalue weighted by molar-refractivity contribution is 7.99. The Morgan fingerprint density at radius 1 is 1.08 bits per heavy atom. The van der Waals surface area contributed by atoms with E-state index in [-0.39, 0.29) is 34.4 Å². The van der Waals surface area contributed by atoms with E-state index in [9.17, 15) is 28.7 Å². The standard InChI is InChI=1S/C27H32ClFN2O7S/c1-15(2)26(31-24(33)11-16-10-17(37-3)8-9-23(16)38-4)27(36)30-21(12-25(34)35)22(32)14-39-13-18-19(28)6-5-7-20(18)29/h5-10,15,21,26H,11-14H2,1-4H3,(H,30,36)(H,31,33)(H,34,35)/t21?,26-/m0/s1. The number of thioether (sulfide) groups is 1. The minimum absolute atomic E-state index is 0.0867. The number of ether oxygens (including phenoxy) is 2. The third-order valence-electron chi connectivity index (χ3n) is 5.74. The van der Waals surface area contributed by atoms with Crippen molar-refractivity contribution < 1.29 is 38.1 Å². The van der Waals surface area contributed by atoms with Gasteiger partial charge in [-0.2, -0.15) is 0 Å². The van der Waals surface area contributed by atoms with Gasteiger partial charge in [-0.25, -0.2) is 4.39 Å². The maximum atomic E-state index is 14.0. The fraction of sp³-hybridized carbons (Fsp3) is 0.407. The molecule has 0 bridgehead atoms. The molecule has 2 atom stereocenters. The van der Waals surface area contributed by atoms with Crippen molar-refractivity contribution in [1.82, 2.24) is 10.6 Å². The maximum Gasteiger partial charge on any atom is 0.305 e. The normalized spacial score (nSPS) is 12.4. The zero-order chi connectivity index (χ0) is 29.1. The van der Waals surface area contributed by atoms with Gasteiger partial charge in [-0.3, -0.25) is 19.2 Å². The van der Waals surface area contributed by atoms with Gasteiger partial charge in [-0.1, -0.05) is 31.5 Å². The van der Waals surface area contributed by atoms with Gasteiger partial charge < -0.3 is 25.2 Å². The monoisotopic (exact) mass is 582 g/mol. The topological polar surface area (TPSA) is 131 Å². The van der Waals surface area contributed by atoms with E-state index < -0.39 is 47.9 Å². The van der Waals surface area contributed by atoms with Crippen LogP contribution in [-0.4, -0.2) is 60.7 Å². The Bertz CT molecular complexity index is 1170. The molecule has 2 amide bonds. The molecule has 2 aromatic carbocycles. The second-order valence-corrected chi connectivity index (χ2v) is 10.4. The van der Waals surface area contributed by atoms with Crippen molar-refractivity contribution in [3.05, 3.63) is 58.4 Å². The SMILES string of the molecule is COc1ccc(OC)c(CC(=O)N[C@H](C(=O)NC(CC(=O)O)C(=O)CSCc2c(F)cccc2Cl)C(C)C)c1. The molecule has 0 radical (unpaired) electrons. The highest BCUT2D eigenvalue weighted by Gasteiger charge is 2.30. The Kier molecular flexibility index (Phi) is 12.5. The lowest BCUT2D eigenvalue weighted by atomic mass is 10.0. The molecule has 39 heavy (non-hydrogen) atoms. The number of hydrogen-bond donors (Lipinski definition) is 3. The zero-order valence-corrected chi connectivity index (χ0v) is 23.7. The third-order valence-corrected chi connectivity index (χ3v) is 7.08. The molecule has 0 aliphatic rings. The van der Waals surface area contributed by atoms with Gasteiger partial charge in [0.2, 0.25) is 11.8 Å². The summed E-state index contributed by atoms with van der Waals surface area (Å²) in [7, 11) is 2.96. The molecule has 12 heteroatoms. The van der Waals surface area contributed by atoms with Crippen LogP contribution in [0.15, 0.2) is 36.4 Å². The summed E-state index contributed by atoms with van der Waals surface area (Å²) in [6.07, 6.45) is -0.755. The first-order chi connectivity index (χ1) is 18.5. The molecule has 1 unspecified atom stereocenters. The van der Waals surface area contributed by atoms with E-state index in [1.54, 1.807) is 32.0 Å². The van der Waals surface area contributed by atoms with Crippen LogP contribution in [0.4, 0.5) is 4.39 Å². The van der Waals surface area contributed by atoms with Crippen molar-refractivity contribution >= 4 is 46.9 Å². The molecule has 0 spiro atoms.